The fourth-order valence-electron chi connectivity index (χ4n) is 1.30. The molecule has 0 saturated heterocycles. The molecule has 1 heterocycles. The van der Waals surface area contributed by atoms with Gasteiger partial charge in [0.25, 0.3) is 0 Å². The first kappa shape index (κ1) is 15.0. The number of carbonyl (C=O) groups is 1. The van der Waals surface area contributed by atoms with Crippen LogP contribution in [-0.4, -0.2) is 29.0 Å². The summed E-state index contributed by atoms with van der Waals surface area (Å²) in [6.07, 6.45) is 0.987. The number of hydrogen-bond donors (Lipinski definition) is 4. The van der Waals surface area contributed by atoms with Crippen molar-refractivity contribution < 1.29 is 4.79 Å². The Morgan fingerprint density at radius 2 is 1.89 bits per heavy atom. The van der Waals surface area contributed by atoms with Gasteiger partial charge in [-0.15, -0.1) is 0 Å². The third-order valence-electron chi connectivity index (χ3n) is 2.68. The van der Waals surface area contributed by atoms with Gasteiger partial charge in [-0.3, -0.25) is 4.79 Å². The molecule has 0 spiro atoms. The van der Waals surface area contributed by atoms with Gasteiger partial charge in [0.05, 0.1) is 5.41 Å². The standard InChI is InChI=1S/C12H22N6O/c1-4-5-15-8-6-9(18-11(14)17-8)16-7-12(2,3)10(13)19/h6H,4-5,7H2,1-3H3,(H2,13,19)(H4,14,15,16,17,18). The van der Waals surface area contributed by atoms with Crippen molar-refractivity contribution in [3.63, 3.8) is 0 Å². The Kier molecular flexibility index (Phi) is 4.91. The number of anilines is 3. The summed E-state index contributed by atoms with van der Waals surface area (Å²) in [6.45, 7) is 6.78. The van der Waals surface area contributed by atoms with Crippen LogP contribution in [0.25, 0.3) is 0 Å². The second kappa shape index (κ2) is 6.21. The van der Waals surface area contributed by atoms with Gasteiger partial charge in [0.15, 0.2) is 0 Å². The zero-order chi connectivity index (χ0) is 14.5. The zero-order valence-corrected chi connectivity index (χ0v) is 11.7. The van der Waals surface area contributed by atoms with Gasteiger partial charge in [0, 0.05) is 19.2 Å². The molecule has 0 bridgehead atoms. The van der Waals surface area contributed by atoms with E-state index in [2.05, 4.69) is 27.5 Å². The molecule has 6 N–H and O–H groups in total. The van der Waals surface area contributed by atoms with Gasteiger partial charge in [-0.05, 0) is 20.3 Å². The van der Waals surface area contributed by atoms with Crippen molar-refractivity contribution in [2.45, 2.75) is 27.2 Å². The van der Waals surface area contributed by atoms with Crippen LogP contribution in [0.3, 0.4) is 0 Å². The van der Waals surface area contributed by atoms with E-state index in [1.165, 1.54) is 0 Å². The molecule has 19 heavy (non-hydrogen) atoms. The Morgan fingerprint density at radius 1 is 1.32 bits per heavy atom. The normalized spacial score (nSPS) is 11.1. The Balaban J connectivity index is 2.73. The van der Waals surface area contributed by atoms with Crippen LogP contribution in [-0.2, 0) is 4.79 Å². The summed E-state index contributed by atoms with van der Waals surface area (Å²) in [5.74, 6) is 1.04. The highest BCUT2D eigenvalue weighted by atomic mass is 16.1. The lowest BCUT2D eigenvalue weighted by Gasteiger charge is -2.21. The van der Waals surface area contributed by atoms with Crippen molar-refractivity contribution >= 4 is 23.5 Å². The van der Waals surface area contributed by atoms with Crippen LogP contribution in [0, 0.1) is 5.41 Å². The molecule has 0 atom stereocenters. The van der Waals surface area contributed by atoms with Gasteiger partial charge in [0.1, 0.15) is 11.6 Å². The average Bonchev–Trinajstić information content (AvgIpc) is 2.33. The van der Waals surface area contributed by atoms with E-state index >= 15 is 0 Å². The number of carbonyl (C=O) groups excluding carboxylic acids is 1. The van der Waals surface area contributed by atoms with Crippen molar-refractivity contribution in [3.05, 3.63) is 6.07 Å². The monoisotopic (exact) mass is 266 g/mol. The van der Waals surface area contributed by atoms with Gasteiger partial charge >= 0.3 is 0 Å². The molecule has 0 aliphatic rings. The second-order valence-corrected chi connectivity index (χ2v) is 5.03. The Morgan fingerprint density at radius 3 is 2.42 bits per heavy atom. The lowest BCUT2D eigenvalue weighted by molar-refractivity contribution is -0.125. The Bertz CT molecular complexity index is 446. The molecule has 0 radical (unpaired) electrons. The van der Waals surface area contributed by atoms with E-state index in [9.17, 15) is 4.79 Å². The molecule has 0 aliphatic heterocycles. The Hall–Kier alpha value is -2.05. The maximum absolute atomic E-state index is 11.2. The number of nitrogens with zero attached hydrogens (tertiary/aromatic N) is 2. The van der Waals surface area contributed by atoms with Gasteiger partial charge in [-0.25, -0.2) is 0 Å². The lowest BCUT2D eigenvalue weighted by atomic mass is 9.93. The zero-order valence-electron chi connectivity index (χ0n) is 11.7. The quantitative estimate of drug-likeness (QED) is 0.579. The molecule has 106 valence electrons. The number of nitrogen functional groups attached to an aromatic ring is 1. The molecule has 7 nitrogen and oxygen atoms in total. The highest BCUT2D eigenvalue weighted by Crippen LogP contribution is 2.17. The molecule has 0 aromatic carbocycles. The maximum atomic E-state index is 11.2. The van der Waals surface area contributed by atoms with Crippen molar-refractivity contribution in [1.82, 2.24) is 9.97 Å². The minimum atomic E-state index is -0.656. The van der Waals surface area contributed by atoms with Crippen LogP contribution in [0.15, 0.2) is 6.07 Å². The highest BCUT2D eigenvalue weighted by molar-refractivity contribution is 5.80. The van der Waals surface area contributed by atoms with E-state index in [0.717, 1.165) is 13.0 Å². The van der Waals surface area contributed by atoms with Crippen LogP contribution < -0.4 is 22.1 Å². The van der Waals surface area contributed by atoms with Crippen LogP contribution in [0.4, 0.5) is 17.6 Å². The molecule has 1 amide bonds. The molecular formula is C12H22N6O. The van der Waals surface area contributed by atoms with Crippen LogP contribution in [0.2, 0.25) is 0 Å². The third kappa shape index (κ3) is 4.61. The largest absolute Gasteiger partial charge is 0.370 e. The summed E-state index contributed by atoms with van der Waals surface area (Å²) in [7, 11) is 0. The first-order valence-corrected chi connectivity index (χ1v) is 6.27. The SMILES string of the molecule is CCCNc1cc(NCC(C)(C)C(N)=O)nc(N)n1. The number of primary amides is 1. The van der Waals surface area contributed by atoms with E-state index in [4.69, 9.17) is 11.5 Å². The minimum Gasteiger partial charge on any atom is -0.370 e. The van der Waals surface area contributed by atoms with E-state index < -0.39 is 5.41 Å². The first-order valence-electron chi connectivity index (χ1n) is 6.27. The van der Waals surface area contributed by atoms with Gasteiger partial charge < -0.3 is 22.1 Å². The predicted molar refractivity (Wildman–Crippen MR) is 76.7 cm³/mol. The molecule has 0 aliphatic carbocycles. The molecule has 0 fully saturated rings. The molecule has 1 rings (SSSR count). The number of amides is 1. The van der Waals surface area contributed by atoms with Crippen molar-refractivity contribution in [2.75, 3.05) is 29.5 Å². The summed E-state index contributed by atoms with van der Waals surface area (Å²) >= 11 is 0. The lowest BCUT2D eigenvalue weighted by Crippen LogP contribution is -2.37. The number of hydrogen-bond acceptors (Lipinski definition) is 6. The molecule has 0 saturated carbocycles. The molecular weight excluding hydrogens is 244 g/mol. The summed E-state index contributed by atoms with van der Waals surface area (Å²) < 4.78 is 0. The predicted octanol–water partition coefficient (Wildman–Crippen LogP) is 0.804. The van der Waals surface area contributed by atoms with E-state index in [-0.39, 0.29) is 11.9 Å². The fourth-order valence-corrected chi connectivity index (χ4v) is 1.30. The Labute approximate surface area is 113 Å². The third-order valence-corrected chi connectivity index (χ3v) is 2.68. The second-order valence-electron chi connectivity index (χ2n) is 5.03. The molecule has 7 heteroatoms. The number of aromatic nitrogens is 2. The average molecular weight is 266 g/mol. The van der Waals surface area contributed by atoms with E-state index in [0.29, 0.717) is 18.2 Å². The number of rotatable bonds is 7. The van der Waals surface area contributed by atoms with E-state index in [1.54, 1.807) is 19.9 Å². The van der Waals surface area contributed by atoms with Crippen molar-refractivity contribution in [1.29, 1.82) is 0 Å². The summed E-state index contributed by atoms with van der Waals surface area (Å²) in [5, 5.41) is 6.18. The highest BCUT2D eigenvalue weighted by Gasteiger charge is 2.24. The van der Waals surface area contributed by atoms with Crippen LogP contribution >= 0.6 is 0 Å². The summed E-state index contributed by atoms with van der Waals surface area (Å²) in [5.41, 5.74) is 10.3. The molecule has 1 aromatic heterocycles. The molecule has 1 aromatic rings. The van der Waals surface area contributed by atoms with Crippen LogP contribution in [0.5, 0.6) is 0 Å². The molecule has 0 unspecified atom stereocenters. The summed E-state index contributed by atoms with van der Waals surface area (Å²) in [6, 6.07) is 1.75. The maximum Gasteiger partial charge on any atom is 0.224 e. The minimum absolute atomic E-state index is 0.181. The summed E-state index contributed by atoms with van der Waals surface area (Å²) in [4.78, 5) is 19.4. The number of nitrogens with one attached hydrogen (secondary N) is 2. The van der Waals surface area contributed by atoms with Crippen molar-refractivity contribution in [3.8, 4) is 0 Å². The van der Waals surface area contributed by atoms with Gasteiger partial charge in [-0.2, -0.15) is 9.97 Å². The number of nitrogens with two attached hydrogens (primary N) is 2. The topological polar surface area (TPSA) is 119 Å². The van der Waals surface area contributed by atoms with Crippen LogP contribution in [0.1, 0.15) is 27.2 Å². The first-order chi connectivity index (χ1) is 8.85. The van der Waals surface area contributed by atoms with Crippen molar-refractivity contribution in [2.24, 2.45) is 11.1 Å². The van der Waals surface area contributed by atoms with Gasteiger partial charge in [0.2, 0.25) is 11.9 Å². The smallest absolute Gasteiger partial charge is 0.224 e. The van der Waals surface area contributed by atoms with E-state index in [1.807, 2.05) is 0 Å². The van der Waals surface area contributed by atoms with Gasteiger partial charge in [-0.1, -0.05) is 6.92 Å². The fraction of sp³-hybridized carbons (Fsp3) is 0.583.